The van der Waals surface area contributed by atoms with Gasteiger partial charge in [0.25, 0.3) is 0 Å². The van der Waals surface area contributed by atoms with E-state index < -0.39 is 11.7 Å². The second-order valence-electron chi connectivity index (χ2n) is 3.65. The number of thiocarbonyl (C=S) groups is 1. The Kier molecular flexibility index (Phi) is 4.95. The van der Waals surface area contributed by atoms with Gasteiger partial charge in [-0.15, -0.1) is 0 Å². The van der Waals surface area contributed by atoms with Crippen LogP contribution >= 0.6 is 12.2 Å². The second-order valence-corrected chi connectivity index (χ2v) is 4.03. The van der Waals surface area contributed by atoms with Crippen molar-refractivity contribution in [3.63, 3.8) is 0 Å². The lowest BCUT2D eigenvalue weighted by molar-refractivity contribution is -0.136. The zero-order valence-electron chi connectivity index (χ0n) is 10.2. The number of anilines is 1. The van der Waals surface area contributed by atoms with Crippen molar-refractivity contribution in [1.29, 1.82) is 0 Å². The van der Waals surface area contributed by atoms with E-state index in [1.165, 1.54) is 12.1 Å². The van der Waals surface area contributed by atoms with Gasteiger partial charge in [-0.2, -0.15) is 13.2 Å². The molecule has 0 unspecified atom stereocenters. The molecule has 0 saturated carbocycles. The highest BCUT2D eigenvalue weighted by Crippen LogP contribution is 2.34. The van der Waals surface area contributed by atoms with Crippen LogP contribution in [-0.4, -0.2) is 23.1 Å². The van der Waals surface area contributed by atoms with Crippen LogP contribution in [0.2, 0.25) is 0 Å². The first-order valence-electron chi connectivity index (χ1n) is 5.62. The normalized spacial score (nSPS) is 11.2. The van der Waals surface area contributed by atoms with Crippen LogP contribution in [0.4, 0.5) is 18.9 Å². The fourth-order valence-corrected chi connectivity index (χ4v) is 1.91. The predicted molar refractivity (Wildman–Crippen MR) is 70.6 cm³/mol. The van der Waals surface area contributed by atoms with Crippen LogP contribution < -0.4 is 5.32 Å². The summed E-state index contributed by atoms with van der Waals surface area (Å²) >= 11 is 5.09. The Morgan fingerprint density at radius 3 is 2.28 bits per heavy atom. The molecule has 2 nitrogen and oxygen atoms in total. The average molecular weight is 276 g/mol. The first kappa shape index (κ1) is 14.8. The zero-order chi connectivity index (χ0) is 13.8. The van der Waals surface area contributed by atoms with Gasteiger partial charge in [-0.1, -0.05) is 12.1 Å². The number of halogens is 3. The molecule has 0 aliphatic carbocycles. The van der Waals surface area contributed by atoms with Gasteiger partial charge < -0.3 is 10.2 Å². The number of benzene rings is 1. The molecule has 0 aliphatic heterocycles. The molecule has 0 heterocycles. The van der Waals surface area contributed by atoms with Gasteiger partial charge in [-0.05, 0) is 38.2 Å². The van der Waals surface area contributed by atoms with E-state index in [0.717, 1.165) is 6.07 Å². The number of alkyl halides is 3. The zero-order valence-corrected chi connectivity index (χ0v) is 11.0. The molecular weight excluding hydrogens is 261 g/mol. The van der Waals surface area contributed by atoms with E-state index in [9.17, 15) is 13.2 Å². The molecular formula is C12H15F3N2S. The van der Waals surface area contributed by atoms with Gasteiger partial charge in [0.1, 0.15) is 0 Å². The highest BCUT2D eigenvalue weighted by Gasteiger charge is 2.33. The minimum Gasteiger partial charge on any atom is -0.350 e. The van der Waals surface area contributed by atoms with E-state index in [0.29, 0.717) is 18.2 Å². The number of nitrogens with one attached hydrogen (secondary N) is 1. The number of nitrogens with zero attached hydrogens (tertiary/aromatic N) is 1. The van der Waals surface area contributed by atoms with Crippen molar-refractivity contribution >= 4 is 23.0 Å². The highest BCUT2D eigenvalue weighted by atomic mass is 32.1. The lowest BCUT2D eigenvalue weighted by Crippen LogP contribution is -2.34. The lowest BCUT2D eigenvalue weighted by atomic mass is 10.1. The Hall–Kier alpha value is -1.30. The van der Waals surface area contributed by atoms with Crippen molar-refractivity contribution in [2.75, 3.05) is 18.4 Å². The molecule has 100 valence electrons. The summed E-state index contributed by atoms with van der Waals surface area (Å²) < 4.78 is 38.3. The van der Waals surface area contributed by atoms with Gasteiger partial charge in [0, 0.05) is 13.1 Å². The molecule has 1 aromatic carbocycles. The van der Waals surface area contributed by atoms with Crippen LogP contribution in [0.15, 0.2) is 24.3 Å². The highest BCUT2D eigenvalue weighted by molar-refractivity contribution is 7.80. The van der Waals surface area contributed by atoms with Gasteiger partial charge in [-0.3, -0.25) is 0 Å². The fourth-order valence-electron chi connectivity index (χ4n) is 1.54. The van der Waals surface area contributed by atoms with Gasteiger partial charge >= 0.3 is 6.18 Å². The average Bonchev–Trinajstić information content (AvgIpc) is 2.30. The Labute approximate surface area is 110 Å². The standard InChI is InChI=1S/C12H15F3N2S/c1-3-17(4-2)11(18)16-10-8-6-5-7-9(10)12(13,14)15/h5-8H,3-4H2,1-2H3,(H,16,18). The lowest BCUT2D eigenvalue weighted by Gasteiger charge is -2.23. The molecule has 0 radical (unpaired) electrons. The van der Waals surface area contributed by atoms with Crippen molar-refractivity contribution in [2.24, 2.45) is 0 Å². The molecule has 0 aliphatic rings. The summed E-state index contributed by atoms with van der Waals surface area (Å²) in [7, 11) is 0. The molecule has 0 saturated heterocycles. The molecule has 0 aromatic heterocycles. The van der Waals surface area contributed by atoms with Crippen molar-refractivity contribution in [3.8, 4) is 0 Å². The maximum absolute atomic E-state index is 12.8. The van der Waals surface area contributed by atoms with E-state index in [2.05, 4.69) is 5.32 Å². The molecule has 1 rings (SSSR count). The molecule has 0 bridgehead atoms. The monoisotopic (exact) mass is 276 g/mol. The van der Waals surface area contributed by atoms with Crippen molar-refractivity contribution < 1.29 is 13.2 Å². The Morgan fingerprint density at radius 2 is 1.78 bits per heavy atom. The summed E-state index contributed by atoms with van der Waals surface area (Å²) in [5.41, 5.74) is -0.721. The minimum atomic E-state index is -4.39. The Balaban J connectivity index is 2.95. The third-order valence-corrected chi connectivity index (χ3v) is 2.88. The maximum Gasteiger partial charge on any atom is 0.418 e. The Morgan fingerprint density at radius 1 is 1.22 bits per heavy atom. The number of hydrogen-bond donors (Lipinski definition) is 1. The molecule has 0 atom stereocenters. The molecule has 6 heteroatoms. The smallest absolute Gasteiger partial charge is 0.350 e. The summed E-state index contributed by atoms with van der Waals surface area (Å²) in [4.78, 5) is 1.78. The van der Waals surface area contributed by atoms with E-state index >= 15 is 0 Å². The third-order valence-electron chi connectivity index (χ3n) is 2.52. The predicted octanol–water partition coefficient (Wildman–Crippen LogP) is 3.74. The minimum absolute atomic E-state index is 0.0121. The first-order valence-corrected chi connectivity index (χ1v) is 6.03. The van der Waals surface area contributed by atoms with Crippen LogP contribution in [0.5, 0.6) is 0 Å². The van der Waals surface area contributed by atoms with Crippen molar-refractivity contribution in [3.05, 3.63) is 29.8 Å². The van der Waals surface area contributed by atoms with Crippen molar-refractivity contribution in [1.82, 2.24) is 4.90 Å². The second kappa shape index (κ2) is 6.04. The van der Waals surface area contributed by atoms with Gasteiger partial charge in [0.15, 0.2) is 5.11 Å². The summed E-state index contributed by atoms with van der Waals surface area (Å²) in [5, 5.41) is 2.96. The number of hydrogen-bond acceptors (Lipinski definition) is 1. The van der Waals surface area contributed by atoms with E-state index in [-0.39, 0.29) is 5.69 Å². The molecule has 0 amide bonds. The van der Waals surface area contributed by atoms with Crippen LogP contribution in [0.3, 0.4) is 0 Å². The van der Waals surface area contributed by atoms with Crippen LogP contribution in [0.25, 0.3) is 0 Å². The summed E-state index contributed by atoms with van der Waals surface area (Å²) in [6, 6.07) is 5.31. The van der Waals surface area contributed by atoms with E-state index in [4.69, 9.17) is 12.2 Å². The Bertz CT molecular complexity index is 414. The molecule has 0 fully saturated rings. The summed E-state index contributed by atoms with van der Waals surface area (Å²) in [6.07, 6.45) is -4.39. The fraction of sp³-hybridized carbons (Fsp3) is 0.417. The van der Waals surface area contributed by atoms with E-state index in [1.54, 1.807) is 11.0 Å². The van der Waals surface area contributed by atoms with Gasteiger partial charge in [0.05, 0.1) is 11.3 Å². The quantitative estimate of drug-likeness (QED) is 0.847. The van der Waals surface area contributed by atoms with Crippen molar-refractivity contribution in [2.45, 2.75) is 20.0 Å². The van der Waals surface area contributed by atoms with Crippen LogP contribution in [0, 0.1) is 0 Å². The topological polar surface area (TPSA) is 15.3 Å². The van der Waals surface area contributed by atoms with Crippen LogP contribution in [0.1, 0.15) is 19.4 Å². The van der Waals surface area contributed by atoms with Crippen LogP contribution in [-0.2, 0) is 6.18 Å². The van der Waals surface area contributed by atoms with Gasteiger partial charge in [0.2, 0.25) is 0 Å². The molecule has 18 heavy (non-hydrogen) atoms. The summed E-state index contributed by atoms with van der Waals surface area (Å²) in [6.45, 7) is 5.09. The largest absolute Gasteiger partial charge is 0.418 e. The third kappa shape index (κ3) is 3.60. The number of para-hydroxylation sites is 1. The SMILES string of the molecule is CCN(CC)C(=S)Nc1ccccc1C(F)(F)F. The first-order chi connectivity index (χ1) is 8.40. The molecule has 1 N–H and O–H groups in total. The maximum atomic E-state index is 12.8. The van der Waals surface area contributed by atoms with E-state index in [1.807, 2.05) is 13.8 Å². The molecule has 1 aromatic rings. The van der Waals surface area contributed by atoms with Gasteiger partial charge in [-0.25, -0.2) is 0 Å². The summed E-state index contributed by atoms with van der Waals surface area (Å²) in [5.74, 6) is 0. The number of rotatable bonds is 3. The molecule has 0 spiro atoms.